The molecule has 8 heteroatoms. The van der Waals surface area contributed by atoms with Crippen LogP contribution in [0.25, 0.3) is 21.7 Å². The monoisotopic (exact) mass is 399 g/mol. The molecule has 0 saturated carbocycles. The highest BCUT2D eigenvalue weighted by molar-refractivity contribution is 7.54. The maximum atomic E-state index is 15.3. The third kappa shape index (κ3) is 3.12. The molecule has 0 bridgehead atoms. The van der Waals surface area contributed by atoms with Crippen LogP contribution in [0, 0.1) is 0 Å². The van der Waals surface area contributed by atoms with Crippen molar-refractivity contribution in [3.8, 4) is 0 Å². The van der Waals surface area contributed by atoms with Crippen molar-refractivity contribution in [3.63, 3.8) is 0 Å². The van der Waals surface area contributed by atoms with E-state index in [-0.39, 0.29) is 23.6 Å². The van der Waals surface area contributed by atoms with Crippen molar-refractivity contribution in [2.75, 3.05) is 13.2 Å². The molecule has 0 fully saturated rings. The minimum Gasteiger partial charge on any atom is -0.304 e. The summed E-state index contributed by atoms with van der Waals surface area (Å²) in [7, 11) is -4.78. The zero-order valence-corrected chi connectivity index (χ0v) is 15.9. The Bertz CT molecular complexity index is 1000. The number of pyridine rings is 1. The molecule has 1 heterocycles. The number of halogens is 3. The molecule has 0 unspecified atom stereocenters. The second kappa shape index (κ2) is 7.20. The number of para-hydroxylation sites is 1. The van der Waals surface area contributed by atoms with E-state index in [1.165, 1.54) is 19.9 Å². The number of benzene rings is 2. The number of hydrogen-bond donors (Lipinski definition) is 0. The first-order chi connectivity index (χ1) is 12.3. The standard InChI is InChI=1S/C18H17ClF2NO3P/c1-3-24-26(23,25-4-2)18(20,21)17-15-11-12(19)9-10-13(15)14-7-5-6-8-16(14)22-17/h5-11H,3-4H2,1-2H3. The van der Waals surface area contributed by atoms with Crippen LogP contribution in [0.2, 0.25) is 5.02 Å². The molecule has 0 spiro atoms. The van der Waals surface area contributed by atoms with E-state index in [1.54, 1.807) is 36.4 Å². The van der Waals surface area contributed by atoms with Gasteiger partial charge in [-0.1, -0.05) is 35.9 Å². The number of aromatic nitrogens is 1. The first-order valence-corrected chi connectivity index (χ1v) is 10.0. The Morgan fingerprint density at radius 1 is 1.04 bits per heavy atom. The summed E-state index contributed by atoms with van der Waals surface area (Å²) in [4.78, 5) is 4.11. The molecule has 26 heavy (non-hydrogen) atoms. The molecule has 0 saturated heterocycles. The average Bonchev–Trinajstić information content (AvgIpc) is 2.61. The van der Waals surface area contributed by atoms with E-state index >= 15 is 8.78 Å². The van der Waals surface area contributed by atoms with Crippen LogP contribution < -0.4 is 0 Å². The van der Waals surface area contributed by atoms with E-state index in [9.17, 15) is 4.57 Å². The van der Waals surface area contributed by atoms with Gasteiger partial charge in [0.15, 0.2) is 0 Å². The predicted molar refractivity (Wildman–Crippen MR) is 99.0 cm³/mol. The van der Waals surface area contributed by atoms with Gasteiger partial charge in [0.2, 0.25) is 0 Å². The molecule has 2 aromatic carbocycles. The summed E-state index contributed by atoms with van der Waals surface area (Å²) in [5.74, 6) is 0. The van der Waals surface area contributed by atoms with Crippen molar-refractivity contribution >= 4 is 40.9 Å². The molecule has 3 aromatic rings. The highest BCUT2D eigenvalue weighted by Crippen LogP contribution is 2.67. The molecule has 0 aliphatic heterocycles. The summed E-state index contributed by atoms with van der Waals surface area (Å²) in [5.41, 5.74) is -4.25. The lowest BCUT2D eigenvalue weighted by molar-refractivity contribution is 0.0340. The fraction of sp³-hybridized carbons (Fsp3) is 0.278. The number of alkyl halides is 2. The van der Waals surface area contributed by atoms with Crippen LogP contribution in [-0.4, -0.2) is 18.2 Å². The average molecular weight is 400 g/mol. The van der Waals surface area contributed by atoms with E-state index in [1.807, 2.05) is 0 Å². The number of fused-ring (bicyclic) bond motifs is 3. The molecule has 0 aliphatic rings. The summed E-state index contributed by atoms with van der Waals surface area (Å²) < 4.78 is 53.3. The summed E-state index contributed by atoms with van der Waals surface area (Å²) in [5, 5.41) is 1.62. The molecule has 0 atom stereocenters. The van der Waals surface area contributed by atoms with Gasteiger partial charge in [-0.2, -0.15) is 8.78 Å². The lowest BCUT2D eigenvalue weighted by Crippen LogP contribution is -2.20. The van der Waals surface area contributed by atoms with Crippen LogP contribution in [0.15, 0.2) is 42.5 Å². The highest BCUT2D eigenvalue weighted by atomic mass is 35.5. The van der Waals surface area contributed by atoms with Gasteiger partial charge in [0.25, 0.3) is 0 Å². The third-order valence-electron chi connectivity index (χ3n) is 3.89. The quantitative estimate of drug-likeness (QED) is 0.357. The van der Waals surface area contributed by atoms with Gasteiger partial charge in [0, 0.05) is 15.8 Å². The van der Waals surface area contributed by atoms with E-state index in [0.717, 1.165) is 0 Å². The van der Waals surface area contributed by atoms with E-state index in [4.69, 9.17) is 20.6 Å². The minimum absolute atomic E-state index is 0.112. The Kier molecular flexibility index (Phi) is 5.31. The maximum absolute atomic E-state index is 15.3. The third-order valence-corrected chi connectivity index (χ3v) is 6.22. The van der Waals surface area contributed by atoms with Crippen LogP contribution in [0.4, 0.5) is 8.78 Å². The van der Waals surface area contributed by atoms with Crippen molar-refractivity contribution in [1.29, 1.82) is 0 Å². The summed E-state index contributed by atoms with van der Waals surface area (Å²) >= 11 is 6.02. The highest BCUT2D eigenvalue weighted by Gasteiger charge is 2.57. The van der Waals surface area contributed by atoms with Crippen LogP contribution in [0.3, 0.4) is 0 Å². The van der Waals surface area contributed by atoms with Crippen LogP contribution >= 0.6 is 19.2 Å². The molecule has 0 aliphatic carbocycles. The van der Waals surface area contributed by atoms with Gasteiger partial charge in [0.05, 0.1) is 18.7 Å². The van der Waals surface area contributed by atoms with Gasteiger partial charge in [-0.15, -0.1) is 0 Å². The van der Waals surface area contributed by atoms with Crippen molar-refractivity contribution in [2.24, 2.45) is 0 Å². The molecular weight excluding hydrogens is 383 g/mol. The van der Waals surface area contributed by atoms with Gasteiger partial charge < -0.3 is 9.05 Å². The molecule has 0 amide bonds. The Labute approximate surface area is 154 Å². The molecule has 4 nitrogen and oxygen atoms in total. The number of nitrogens with zero attached hydrogens (tertiary/aromatic N) is 1. The van der Waals surface area contributed by atoms with E-state index in [0.29, 0.717) is 16.3 Å². The van der Waals surface area contributed by atoms with Crippen LogP contribution in [0.1, 0.15) is 19.5 Å². The van der Waals surface area contributed by atoms with Crippen LogP contribution in [0.5, 0.6) is 0 Å². The topological polar surface area (TPSA) is 48.4 Å². The zero-order valence-electron chi connectivity index (χ0n) is 14.2. The second-order valence-corrected chi connectivity index (χ2v) is 8.05. The van der Waals surface area contributed by atoms with Crippen molar-refractivity contribution in [2.45, 2.75) is 19.5 Å². The molecule has 138 valence electrons. The second-order valence-electron chi connectivity index (χ2n) is 5.54. The Hall–Kier alpha value is -1.59. The summed E-state index contributed by atoms with van der Waals surface area (Å²) in [6.45, 7) is 2.59. The largest absolute Gasteiger partial charge is 0.406 e. The maximum Gasteiger partial charge on any atom is 0.406 e. The molecule has 1 aromatic heterocycles. The zero-order chi connectivity index (χ0) is 18.9. The fourth-order valence-electron chi connectivity index (χ4n) is 2.83. The Balaban J connectivity index is 2.38. The van der Waals surface area contributed by atoms with Gasteiger partial charge in [-0.05, 0) is 37.4 Å². The van der Waals surface area contributed by atoms with Gasteiger partial charge in [-0.25, -0.2) is 4.98 Å². The van der Waals surface area contributed by atoms with Gasteiger partial charge in [-0.3, -0.25) is 4.57 Å². The predicted octanol–water partition coefficient (Wildman–Crippen LogP) is 6.36. The molecule has 0 radical (unpaired) electrons. The smallest absolute Gasteiger partial charge is 0.304 e. The normalized spacial score (nSPS) is 12.8. The van der Waals surface area contributed by atoms with Gasteiger partial charge >= 0.3 is 13.3 Å². The van der Waals surface area contributed by atoms with E-state index < -0.39 is 19.0 Å². The number of hydrogen-bond acceptors (Lipinski definition) is 4. The van der Waals surface area contributed by atoms with Crippen molar-refractivity contribution in [3.05, 3.63) is 53.2 Å². The van der Waals surface area contributed by atoms with Crippen molar-refractivity contribution in [1.82, 2.24) is 4.98 Å². The minimum atomic E-state index is -4.78. The lowest BCUT2D eigenvalue weighted by Gasteiger charge is -2.26. The first-order valence-electron chi connectivity index (χ1n) is 8.09. The first kappa shape index (κ1) is 19.2. The SMILES string of the molecule is CCOP(=O)(OCC)C(F)(F)c1nc2ccccc2c2ccc(Cl)cc12. The van der Waals surface area contributed by atoms with Gasteiger partial charge in [0.1, 0.15) is 5.69 Å². The number of rotatable bonds is 6. The molecule has 3 rings (SSSR count). The summed E-state index contributed by atoms with van der Waals surface area (Å²) in [6.07, 6.45) is 0. The Morgan fingerprint density at radius 3 is 2.35 bits per heavy atom. The fourth-order valence-corrected chi connectivity index (χ4v) is 4.51. The van der Waals surface area contributed by atoms with Crippen molar-refractivity contribution < 1.29 is 22.4 Å². The van der Waals surface area contributed by atoms with E-state index in [2.05, 4.69) is 4.98 Å². The molecule has 0 N–H and O–H groups in total. The van der Waals surface area contributed by atoms with Crippen LogP contribution in [-0.2, 0) is 19.3 Å². The Morgan fingerprint density at radius 2 is 1.69 bits per heavy atom. The summed E-state index contributed by atoms with van der Waals surface area (Å²) in [6, 6.07) is 11.5. The lowest BCUT2D eigenvalue weighted by atomic mass is 10.0. The molecular formula is C18H17ClF2NO3P.